The standard InChI is InChI=1S/C15H23N5/c16-13-10-12(14-15(17-13)19-20-18-14)9-11-7-5-3-1-2-4-6-8-11/h10-11H,1-9H2,(H3,16,17,18,19,20). The molecule has 1 saturated carbocycles. The molecule has 108 valence electrons. The highest BCUT2D eigenvalue weighted by atomic mass is 15.3. The Bertz CT molecular complexity index is 552. The number of nitrogens with two attached hydrogens (primary N) is 1. The summed E-state index contributed by atoms with van der Waals surface area (Å²) < 4.78 is 0. The lowest BCUT2D eigenvalue weighted by molar-refractivity contribution is 0.426. The number of rotatable bonds is 2. The number of hydrogen-bond acceptors (Lipinski definition) is 4. The fraction of sp³-hybridized carbons (Fsp3) is 0.667. The number of fused-ring (bicyclic) bond motifs is 1. The van der Waals surface area contributed by atoms with Crippen molar-refractivity contribution in [3.05, 3.63) is 11.6 Å². The smallest absolute Gasteiger partial charge is 0.178 e. The summed E-state index contributed by atoms with van der Waals surface area (Å²) in [5, 5.41) is 10.8. The molecule has 0 saturated heterocycles. The average molecular weight is 273 g/mol. The van der Waals surface area contributed by atoms with Crippen molar-refractivity contribution >= 4 is 17.0 Å². The zero-order chi connectivity index (χ0) is 13.8. The van der Waals surface area contributed by atoms with Crippen LogP contribution in [0.3, 0.4) is 0 Å². The second-order valence-electron chi connectivity index (χ2n) is 5.98. The maximum atomic E-state index is 5.88. The molecule has 2 aromatic rings. The minimum atomic E-state index is 0.557. The Labute approximate surface area is 119 Å². The van der Waals surface area contributed by atoms with Crippen molar-refractivity contribution in [2.45, 2.75) is 57.8 Å². The number of aromatic amines is 1. The van der Waals surface area contributed by atoms with Crippen LogP contribution in [0, 0.1) is 5.92 Å². The molecule has 5 nitrogen and oxygen atoms in total. The van der Waals surface area contributed by atoms with Gasteiger partial charge >= 0.3 is 0 Å². The summed E-state index contributed by atoms with van der Waals surface area (Å²) in [5.41, 5.74) is 8.68. The zero-order valence-corrected chi connectivity index (χ0v) is 11.9. The van der Waals surface area contributed by atoms with Crippen LogP contribution in [0.5, 0.6) is 0 Å². The number of anilines is 1. The molecule has 1 aliphatic rings. The van der Waals surface area contributed by atoms with Gasteiger partial charge in [-0.1, -0.05) is 56.6 Å². The van der Waals surface area contributed by atoms with Gasteiger partial charge in [0, 0.05) is 0 Å². The van der Waals surface area contributed by atoms with Gasteiger partial charge in [-0.15, -0.1) is 5.10 Å². The lowest BCUT2D eigenvalue weighted by atomic mass is 9.90. The Morgan fingerprint density at radius 2 is 1.80 bits per heavy atom. The largest absolute Gasteiger partial charge is 0.384 e. The van der Waals surface area contributed by atoms with Crippen molar-refractivity contribution in [3.8, 4) is 0 Å². The van der Waals surface area contributed by atoms with Crippen LogP contribution < -0.4 is 5.73 Å². The van der Waals surface area contributed by atoms with Gasteiger partial charge in [0.2, 0.25) is 0 Å². The topological polar surface area (TPSA) is 80.5 Å². The lowest BCUT2D eigenvalue weighted by Crippen LogP contribution is -2.06. The van der Waals surface area contributed by atoms with Crippen LogP contribution in [-0.4, -0.2) is 20.4 Å². The van der Waals surface area contributed by atoms with Crippen molar-refractivity contribution in [2.24, 2.45) is 5.92 Å². The number of H-pyrrole nitrogens is 1. The number of aromatic nitrogens is 4. The molecule has 0 bridgehead atoms. The van der Waals surface area contributed by atoms with E-state index in [2.05, 4.69) is 20.4 Å². The second kappa shape index (κ2) is 6.20. The monoisotopic (exact) mass is 273 g/mol. The molecule has 20 heavy (non-hydrogen) atoms. The third-order valence-electron chi connectivity index (χ3n) is 4.38. The number of hydrogen-bond donors (Lipinski definition) is 2. The van der Waals surface area contributed by atoms with Gasteiger partial charge in [0.15, 0.2) is 5.65 Å². The Morgan fingerprint density at radius 1 is 1.10 bits per heavy atom. The van der Waals surface area contributed by atoms with Crippen LogP contribution in [0.1, 0.15) is 56.9 Å². The molecule has 3 N–H and O–H groups in total. The Balaban J connectivity index is 1.78. The molecule has 1 aliphatic carbocycles. The molecule has 0 aromatic carbocycles. The summed E-state index contributed by atoms with van der Waals surface area (Å²) in [7, 11) is 0. The SMILES string of the molecule is Nc1cc(CC2CCCCCCCC2)c2nn[nH]c2n1. The number of nitrogens with one attached hydrogen (secondary N) is 1. The molecule has 3 rings (SSSR count). The van der Waals surface area contributed by atoms with E-state index in [0.717, 1.165) is 17.9 Å². The van der Waals surface area contributed by atoms with Crippen molar-refractivity contribution < 1.29 is 0 Å². The predicted molar refractivity (Wildman–Crippen MR) is 80.2 cm³/mol. The molecular weight excluding hydrogens is 250 g/mol. The normalized spacial score (nSPS) is 18.6. The highest BCUT2D eigenvalue weighted by Crippen LogP contribution is 2.27. The maximum Gasteiger partial charge on any atom is 0.178 e. The molecular formula is C15H23N5. The van der Waals surface area contributed by atoms with E-state index in [0.29, 0.717) is 11.5 Å². The van der Waals surface area contributed by atoms with Crippen molar-refractivity contribution in [1.29, 1.82) is 0 Å². The zero-order valence-electron chi connectivity index (χ0n) is 11.9. The third-order valence-corrected chi connectivity index (χ3v) is 4.38. The third kappa shape index (κ3) is 3.08. The first-order chi connectivity index (χ1) is 9.83. The van der Waals surface area contributed by atoms with Crippen molar-refractivity contribution in [1.82, 2.24) is 20.4 Å². The van der Waals surface area contributed by atoms with Gasteiger partial charge in [-0.3, -0.25) is 0 Å². The molecule has 0 unspecified atom stereocenters. The summed E-state index contributed by atoms with van der Waals surface area (Å²) in [4.78, 5) is 4.24. The van der Waals surface area contributed by atoms with Crippen LogP contribution in [0.15, 0.2) is 6.07 Å². The predicted octanol–water partition coefficient (Wildman–Crippen LogP) is 3.23. The number of nitrogens with zero attached hydrogens (tertiary/aromatic N) is 3. The summed E-state index contributed by atoms with van der Waals surface area (Å²) in [6.45, 7) is 0. The Hall–Kier alpha value is -1.65. The van der Waals surface area contributed by atoms with Crippen LogP contribution in [0.2, 0.25) is 0 Å². The van der Waals surface area contributed by atoms with Gasteiger partial charge in [-0.05, 0) is 24.0 Å². The fourth-order valence-corrected chi connectivity index (χ4v) is 3.31. The first kappa shape index (κ1) is 13.3. The number of nitrogen functional groups attached to an aromatic ring is 1. The summed E-state index contributed by atoms with van der Waals surface area (Å²) >= 11 is 0. The van der Waals surface area contributed by atoms with Crippen LogP contribution in [0.25, 0.3) is 11.2 Å². The van der Waals surface area contributed by atoms with Gasteiger partial charge in [0.05, 0.1) is 0 Å². The highest BCUT2D eigenvalue weighted by molar-refractivity contribution is 5.75. The van der Waals surface area contributed by atoms with E-state index in [1.807, 2.05) is 6.07 Å². The van der Waals surface area contributed by atoms with Crippen LogP contribution in [-0.2, 0) is 6.42 Å². The summed E-state index contributed by atoms with van der Waals surface area (Å²) in [6, 6.07) is 1.97. The Kier molecular flexibility index (Phi) is 4.14. The van der Waals surface area contributed by atoms with Crippen LogP contribution >= 0.6 is 0 Å². The summed E-state index contributed by atoms with van der Waals surface area (Å²) in [5.74, 6) is 1.30. The Morgan fingerprint density at radius 3 is 2.55 bits per heavy atom. The molecule has 0 spiro atoms. The molecule has 0 radical (unpaired) electrons. The molecule has 0 aliphatic heterocycles. The van der Waals surface area contributed by atoms with E-state index in [9.17, 15) is 0 Å². The second-order valence-corrected chi connectivity index (χ2v) is 5.98. The van der Waals surface area contributed by atoms with Gasteiger partial charge in [-0.2, -0.15) is 0 Å². The van der Waals surface area contributed by atoms with E-state index in [-0.39, 0.29) is 0 Å². The molecule has 2 heterocycles. The van der Waals surface area contributed by atoms with Gasteiger partial charge < -0.3 is 5.73 Å². The van der Waals surface area contributed by atoms with Gasteiger partial charge in [0.25, 0.3) is 0 Å². The average Bonchev–Trinajstić information content (AvgIpc) is 2.91. The first-order valence-electron chi connectivity index (χ1n) is 7.79. The van der Waals surface area contributed by atoms with E-state index in [4.69, 9.17) is 5.73 Å². The minimum Gasteiger partial charge on any atom is -0.384 e. The highest BCUT2D eigenvalue weighted by Gasteiger charge is 2.15. The first-order valence-corrected chi connectivity index (χ1v) is 7.79. The summed E-state index contributed by atoms with van der Waals surface area (Å²) in [6.07, 6.45) is 12.0. The fourth-order valence-electron chi connectivity index (χ4n) is 3.31. The molecule has 0 atom stereocenters. The molecule has 5 heteroatoms. The minimum absolute atomic E-state index is 0.557. The van der Waals surface area contributed by atoms with Gasteiger partial charge in [-0.25, -0.2) is 10.1 Å². The van der Waals surface area contributed by atoms with E-state index in [1.165, 1.54) is 56.9 Å². The lowest BCUT2D eigenvalue weighted by Gasteiger charge is -2.16. The maximum absolute atomic E-state index is 5.88. The molecule has 0 amide bonds. The van der Waals surface area contributed by atoms with Gasteiger partial charge in [0.1, 0.15) is 11.3 Å². The molecule has 2 aromatic heterocycles. The van der Waals surface area contributed by atoms with Crippen molar-refractivity contribution in [2.75, 3.05) is 5.73 Å². The van der Waals surface area contributed by atoms with E-state index in [1.54, 1.807) is 0 Å². The molecule has 1 fully saturated rings. The number of pyridine rings is 1. The van der Waals surface area contributed by atoms with E-state index >= 15 is 0 Å². The van der Waals surface area contributed by atoms with E-state index < -0.39 is 0 Å². The quantitative estimate of drug-likeness (QED) is 0.880. The van der Waals surface area contributed by atoms with Crippen molar-refractivity contribution in [3.63, 3.8) is 0 Å². The van der Waals surface area contributed by atoms with Crippen LogP contribution in [0.4, 0.5) is 5.82 Å².